The quantitative estimate of drug-likeness (QED) is 0.653. The lowest BCUT2D eigenvalue weighted by molar-refractivity contribution is -0.119. The fraction of sp³-hybridized carbons (Fsp3) is 0.417. The van der Waals surface area contributed by atoms with Gasteiger partial charge in [-0.05, 0) is 18.9 Å². The van der Waals surface area contributed by atoms with Gasteiger partial charge >= 0.3 is 5.97 Å². The average Bonchev–Trinajstić information content (AvgIpc) is 3.20. The van der Waals surface area contributed by atoms with E-state index in [-0.39, 0.29) is 23.8 Å². The molecule has 1 aliphatic carbocycles. The Bertz CT molecular complexity index is 500. The van der Waals surface area contributed by atoms with Gasteiger partial charge in [0.1, 0.15) is 11.4 Å². The zero-order valence-electron chi connectivity index (χ0n) is 10.6. The van der Waals surface area contributed by atoms with Gasteiger partial charge in [0, 0.05) is 6.04 Å². The lowest BCUT2D eigenvalue weighted by Gasteiger charge is -2.10. The van der Waals surface area contributed by atoms with Crippen molar-refractivity contribution in [1.29, 1.82) is 0 Å². The number of nitrogen functional groups attached to an aromatic ring is 1. The van der Waals surface area contributed by atoms with E-state index in [2.05, 4.69) is 20.4 Å². The van der Waals surface area contributed by atoms with Crippen LogP contribution < -0.4 is 16.4 Å². The van der Waals surface area contributed by atoms with Crippen molar-refractivity contribution in [3.63, 3.8) is 0 Å². The van der Waals surface area contributed by atoms with Crippen molar-refractivity contribution in [3.05, 3.63) is 17.8 Å². The molecule has 7 nitrogen and oxygen atoms in total. The summed E-state index contributed by atoms with van der Waals surface area (Å²) < 4.78 is 4.64. The van der Waals surface area contributed by atoms with Crippen LogP contribution in [0.15, 0.2) is 12.3 Å². The number of nitrogens with zero attached hydrogens (tertiary/aromatic N) is 1. The molecular formula is C12H16N4O3. The molecule has 4 N–H and O–H groups in total. The highest BCUT2D eigenvalue weighted by Gasteiger charge is 2.23. The van der Waals surface area contributed by atoms with Crippen LogP contribution in [0.3, 0.4) is 0 Å². The first kappa shape index (κ1) is 13.1. The molecule has 0 atom stereocenters. The smallest absolute Gasteiger partial charge is 0.341 e. The standard InChI is InChI=1S/C12H16N4O3/c1-19-12(18)9-4-7(13)5-14-11(9)15-6-10(17)16-8-2-3-8/h4-5,8H,2-3,6,13H2,1H3,(H,14,15)(H,16,17). The highest BCUT2D eigenvalue weighted by molar-refractivity contribution is 5.96. The number of nitrogens with one attached hydrogen (secondary N) is 2. The first-order valence-corrected chi connectivity index (χ1v) is 5.97. The fourth-order valence-electron chi connectivity index (χ4n) is 1.56. The largest absolute Gasteiger partial charge is 0.465 e. The van der Waals surface area contributed by atoms with Crippen LogP contribution in [-0.2, 0) is 9.53 Å². The average molecular weight is 264 g/mol. The van der Waals surface area contributed by atoms with Gasteiger partial charge in [-0.15, -0.1) is 0 Å². The summed E-state index contributed by atoms with van der Waals surface area (Å²) in [6, 6.07) is 1.76. The second kappa shape index (κ2) is 5.55. The summed E-state index contributed by atoms with van der Waals surface area (Å²) in [6.45, 7) is 0.0530. The second-order valence-electron chi connectivity index (χ2n) is 4.35. The summed E-state index contributed by atoms with van der Waals surface area (Å²) in [5, 5.41) is 5.64. The minimum absolute atomic E-state index is 0.0530. The number of amides is 1. The molecule has 1 saturated carbocycles. The first-order valence-electron chi connectivity index (χ1n) is 5.97. The van der Waals surface area contributed by atoms with Crippen LogP contribution in [0, 0.1) is 0 Å². The van der Waals surface area contributed by atoms with Crippen LogP contribution in [0.4, 0.5) is 11.5 Å². The fourth-order valence-corrected chi connectivity index (χ4v) is 1.56. The summed E-state index contributed by atoms with van der Waals surface area (Å²) >= 11 is 0. The summed E-state index contributed by atoms with van der Waals surface area (Å²) in [6.07, 6.45) is 3.46. The molecule has 102 valence electrons. The van der Waals surface area contributed by atoms with Crippen LogP contribution in [0.2, 0.25) is 0 Å². The molecule has 1 aliphatic rings. The SMILES string of the molecule is COC(=O)c1cc(N)cnc1NCC(=O)NC1CC1. The van der Waals surface area contributed by atoms with Crippen molar-refractivity contribution < 1.29 is 14.3 Å². The third-order valence-corrected chi connectivity index (χ3v) is 2.67. The van der Waals surface area contributed by atoms with E-state index in [0.717, 1.165) is 12.8 Å². The number of hydrogen-bond donors (Lipinski definition) is 3. The lowest BCUT2D eigenvalue weighted by Crippen LogP contribution is -2.32. The van der Waals surface area contributed by atoms with Gasteiger partial charge in [-0.1, -0.05) is 0 Å². The number of pyridine rings is 1. The Morgan fingerprint density at radius 3 is 2.89 bits per heavy atom. The van der Waals surface area contributed by atoms with Crippen LogP contribution in [0.1, 0.15) is 23.2 Å². The van der Waals surface area contributed by atoms with E-state index < -0.39 is 5.97 Å². The van der Waals surface area contributed by atoms with Crippen molar-refractivity contribution in [1.82, 2.24) is 10.3 Å². The van der Waals surface area contributed by atoms with Crippen LogP contribution in [0.5, 0.6) is 0 Å². The van der Waals surface area contributed by atoms with Crippen LogP contribution >= 0.6 is 0 Å². The van der Waals surface area contributed by atoms with Crippen molar-refractivity contribution in [2.24, 2.45) is 0 Å². The number of ether oxygens (including phenoxy) is 1. The minimum Gasteiger partial charge on any atom is -0.465 e. The third kappa shape index (κ3) is 3.57. The normalized spacial score (nSPS) is 13.7. The molecule has 0 spiro atoms. The third-order valence-electron chi connectivity index (χ3n) is 2.67. The molecule has 0 unspecified atom stereocenters. The molecule has 7 heteroatoms. The number of hydrogen-bond acceptors (Lipinski definition) is 6. The van der Waals surface area contributed by atoms with Crippen molar-refractivity contribution in [2.45, 2.75) is 18.9 Å². The highest BCUT2D eigenvalue weighted by atomic mass is 16.5. The summed E-state index contributed by atoms with van der Waals surface area (Å²) in [5.41, 5.74) is 6.14. The Balaban J connectivity index is 2.01. The van der Waals surface area contributed by atoms with E-state index >= 15 is 0 Å². The molecule has 19 heavy (non-hydrogen) atoms. The topological polar surface area (TPSA) is 106 Å². The molecule has 0 saturated heterocycles. The predicted molar refractivity (Wildman–Crippen MR) is 69.6 cm³/mol. The summed E-state index contributed by atoms with van der Waals surface area (Å²) in [4.78, 5) is 27.1. The van der Waals surface area contributed by atoms with Crippen LogP contribution in [0.25, 0.3) is 0 Å². The Kier molecular flexibility index (Phi) is 3.84. The number of aromatic nitrogens is 1. The Morgan fingerprint density at radius 1 is 1.53 bits per heavy atom. The van der Waals surface area contributed by atoms with Gasteiger partial charge in [-0.2, -0.15) is 0 Å². The number of methoxy groups -OCH3 is 1. The molecule has 1 heterocycles. The minimum atomic E-state index is -0.551. The lowest BCUT2D eigenvalue weighted by atomic mass is 10.2. The number of nitrogens with two attached hydrogens (primary N) is 1. The maximum atomic E-state index is 11.6. The molecule has 0 bridgehead atoms. The molecular weight excluding hydrogens is 248 g/mol. The van der Waals surface area contributed by atoms with Gasteiger partial charge in [0.25, 0.3) is 0 Å². The van der Waals surface area contributed by atoms with Crippen molar-refractivity contribution in [2.75, 3.05) is 24.7 Å². The molecule has 1 fully saturated rings. The molecule has 0 aromatic carbocycles. The van der Waals surface area contributed by atoms with Gasteiger partial charge in [-0.25, -0.2) is 9.78 Å². The molecule has 0 aliphatic heterocycles. The predicted octanol–water partition coefficient (Wildman–Crippen LogP) is 0.141. The van der Waals surface area contributed by atoms with Crippen molar-refractivity contribution in [3.8, 4) is 0 Å². The maximum absolute atomic E-state index is 11.6. The Hall–Kier alpha value is -2.31. The second-order valence-corrected chi connectivity index (χ2v) is 4.35. The van der Waals surface area contributed by atoms with Crippen LogP contribution in [-0.4, -0.2) is 36.6 Å². The molecule has 1 amide bonds. The van der Waals surface area contributed by atoms with E-state index in [1.807, 2.05) is 0 Å². The monoisotopic (exact) mass is 264 g/mol. The summed E-state index contributed by atoms with van der Waals surface area (Å²) in [5.74, 6) is -0.395. The van der Waals surface area contributed by atoms with E-state index in [1.54, 1.807) is 0 Å². The van der Waals surface area contributed by atoms with Crippen molar-refractivity contribution >= 4 is 23.4 Å². The van der Waals surface area contributed by atoms with E-state index in [9.17, 15) is 9.59 Å². The van der Waals surface area contributed by atoms with E-state index in [1.165, 1.54) is 19.4 Å². The molecule has 0 radical (unpaired) electrons. The van der Waals surface area contributed by atoms with Gasteiger partial charge in [0.2, 0.25) is 5.91 Å². The first-order chi connectivity index (χ1) is 9.10. The Labute approximate surface area is 110 Å². The molecule has 2 rings (SSSR count). The number of anilines is 2. The van der Waals surface area contributed by atoms with Gasteiger partial charge < -0.3 is 21.1 Å². The van der Waals surface area contributed by atoms with Gasteiger partial charge in [-0.3, -0.25) is 4.79 Å². The number of rotatable bonds is 5. The maximum Gasteiger partial charge on any atom is 0.341 e. The van der Waals surface area contributed by atoms with E-state index in [0.29, 0.717) is 11.7 Å². The Morgan fingerprint density at radius 2 is 2.26 bits per heavy atom. The number of carbonyl (C=O) groups excluding carboxylic acids is 2. The van der Waals surface area contributed by atoms with Gasteiger partial charge in [0.05, 0.1) is 25.5 Å². The highest BCUT2D eigenvalue weighted by Crippen LogP contribution is 2.19. The number of esters is 1. The zero-order valence-corrected chi connectivity index (χ0v) is 10.6. The number of carbonyl (C=O) groups is 2. The molecule has 1 aromatic heterocycles. The summed E-state index contributed by atoms with van der Waals surface area (Å²) in [7, 11) is 1.27. The van der Waals surface area contributed by atoms with E-state index in [4.69, 9.17) is 5.73 Å². The molecule has 1 aromatic rings. The van der Waals surface area contributed by atoms with Gasteiger partial charge in [0.15, 0.2) is 0 Å². The zero-order chi connectivity index (χ0) is 13.8.